The molecule has 3 heterocycles. The summed E-state index contributed by atoms with van der Waals surface area (Å²) in [6, 6.07) is 15.0. The third-order valence-electron chi connectivity index (χ3n) is 5.78. The first kappa shape index (κ1) is 24.7. The Morgan fingerprint density at radius 2 is 1.78 bits per heavy atom. The number of fused-ring (bicyclic) bond motifs is 1. The van der Waals surface area contributed by atoms with E-state index in [-0.39, 0.29) is 12.4 Å². The summed E-state index contributed by atoms with van der Waals surface area (Å²) in [5.74, 6) is 0.870. The number of halogens is 2. The molecule has 0 aliphatic heterocycles. The second kappa shape index (κ2) is 10.5. The van der Waals surface area contributed by atoms with Crippen molar-refractivity contribution in [3.8, 4) is 11.1 Å². The van der Waals surface area contributed by atoms with E-state index in [4.69, 9.17) is 27.7 Å². The van der Waals surface area contributed by atoms with Crippen LogP contribution in [-0.4, -0.2) is 26.0 Å². The molecule has 186 valence electrons. The summed E-state index contributed by atoms with van der Waals surface area (Å²) in [5, 5.41) is 12.2. The Morgan fingerprint density at radius 3 is 2.54 bits per heavy atom. The van der Waals surface area contributed by atoms with Gasteiger partial charge in [0.1, 0.15) is 11.6 Å². The summed E-state index contributed by atoms with van der Waals surface area (Å²) in [6.07, 6.45) is 3.18. The Balaban J connectivity index is 1.50. The molecule has 0 atom stereocenters. The molecule has 0 saturated heterocycles. The number of anilines is 1. The lowest BCUT2D eigenvalue weighted by Crippen LogP contribution is -2.25. The van der Waals surface area contributed by atoms with E-state index < -0.39 is 5.91 Å². The number of aryl methyl sites for hydroxylation is 2. The number of nitrogens with zero attached hydrogens (tertiary/aromatic N) is 4. The molecule has 5 rings (SSSR count). The number of benzene rings is 2. The minimum absolute atomic E-state index is 0.0428. The number of aromatic nitrogens is 4. The van der Waals surface area contributed by atoms with Crippen LogP contribution in [0, 0.1) is 13.8 Å². The Hall–Kier alpha value is -4.01. The van der Waals surface area contributed by atoms with Gasteiger partial charge in [-0.05, 0) is 60.9 Å². The van der Waals surface area contributed by atoms with E-state index in [0.29, 0.717) is 27.9 Å². The molecule has 3 aromatic heterocycles. The Labute approximate surface area is 223 Å². The third kappa shape index (κ3) is 5.55. The number of carbonyl (C=O) groups is 1. The molecule has 0 unspecified atom stereocenters. The lowest BCUT2D eigenvalue weighted by atomic mass is 10.0. The van der Waals surface area contributed by atoms with Crippen molar-refractivity contribution in [2.75, 3.05) is 5.32 Å². The van der Waals surface area contributed by atoms with Crippen LogP contribution in [0.15, 0.2) is 65.4 Å². The van der Waals surface area contributed by atoms with Gasteiger partial charge in [-0.2, -0.15) is 0 Å². The summed E-state index contributed by atoms with van der Waals surface area (Å²) >= 11 is 12.2. The first-order chi connectivity index (χ1) is 17.9. The van der Waals surface area contributed by atoms with Gasteiger partial charge in [0.05, 0.1) is 16.2 Å². The van der Waals surface area contributed by atoms with Crippen LogP contribution < -0.4 is 10.6 Å². The number of carbonyl (C=O) groups excluding carboxylic acids is 1. The number of rotatable bonds is 7. The lowest BCUT2D eigenvalue weighted by molar-refractivity contribution is 0.0941. The molecule has 37 heavy (non-hydrogen) atoms. The molecule has 5 aromatic rings. The predicted molar refractivity (Wildman–Crippen MR) is 144 cm³/mol. The maximum Gasteiger partial charge on any atom is 0.289 e. The molecule has 1 amide bonds. The molecule has 10 heteroatoms. The maximum atomic E-state index is 13.0. The van der Waals surface area contributed by atoms with E-state index in [2.05, 4.69) is 30.7 Å². The van der Waals surface area contributed by atoms with Crippen molar-refractivity contribution in [1.82, 2.24) is 25.4 Å². The molecular weight excluding hydrogens is 511 g/mol. The molecule has 8 nitrogen and oxygen atoms in total. The van der Waals surface area contributed by atoms with E-state index in [1.807, 2.05) is 56.3 Å². The van der Waals surface area contributed by atoms with Gasteiger partial charge in [0.15, 0.2) is 0 Å². The van der Waals surface area contributed by atoms with E-state index >= 15 is 0 Å². The van der Waals surface area contributed by atoms with E-state index in [1.54, 1.807) is 12.3 Å². The number of hydrogen-bond donors (Lipinski definition) is 2. The highest BCUT2D eigenvalue weighted by molar-refractivity contribution is 6.30. The first-order valence-corrected chi connectivity index (χ1v) is 12.2. The zero-order valence-corrected chi connectivity index (χ0v) is 21.6. The predicted octanol–water partition coefficient (Wildman–Crippen LogP) is 6.15. The van der Waals surface area contributed by atoms with Gasteiger partial charge in [-0.3, -0.25) is 9.78 Å². The molecule has 0 radical (unpaired) electrons. The van der Waals surface area contributed by atoms with Gasteiger partial charge < -0.3 is 15.2 Å². The average molecular weight is 533 g/mol. The van der Waals surface area contributed by atoms with Crippen LogP contribution in [0.1, 0.15) is 33.2 Å². The van der Waals surface area contributed by atoms with Crippen LogP contribution in [0.25, 0.3) is 22.0 Å². The highest BCUT2D eigenvalue weighted by Crippen LogP contribution is 2.31. The first-order valence-electron chi connectivity index (χ1n) is 11.5. The SMILES string of the molecule is Cc1noc(C)c1-c1ccc2nc(C(=O)NCc3cncc(Cl)c3)nc(NCc3cccc(Cl)c3)c2c1. The fraction of sp³-hybridized carbons (Fsp3) is 0.148. The lowest BCUT2D eigenvalue weighted by Gasteiger charge is -2.13. The van der Waals surface area contributed by atoms with Crippen molar-refractivity contribution in [3.05, 3.63) is 99.4 Å². The van der Waals surface area contributed by atoms with Gasteiger partial charge in [-0.15, -0.1) is 0 Å². The van der Waals surface area contributed by atoms with E-state index in [0.717, 1.165) is 39.1 Å². The zero-order valence-electron chi connectivity index (χ0n) is 20.0. The largest absolute Gasteiger partial charge is 0.365 e. The van der Waals surface area contributed by atoms with Crippen LogP contribution in [0.3, 0.4) is 0 Å². The number of nitrogens with one attached hydrogen (secondary N) is 2. The summed E-state index contributed by atoms with van der Waals surface area (Å²) in [6.45, 7) is 4.46. The molecule has 0 aliphatic carbocycles. The quantitative estimate of drug-likeness (QED) is 0.259. The number of pyridine rings is 1. The monoisotopic (exact) mass is 532 g/mol. The minimum Gasteiger partial charge on any atom is -0.365 e. The van der Waals surface area contributed by atoms with Crippen molar-refractivity contribution in [1.29, 1.82) is 0 Å². The summed E-state index contributed by atoms with van der Waals surface area (Å²) in [7, 11) is 0. The number of hydrogen-bond acceptors (Lipinski definition) is 7. The normalized spacial score (nSPS) is 11.0. The van der Waals surface area contributed by atoms with Gasteiger partial charge in [0.25, 0.3) is 5.91 Å². The van der Waals surface area contributed by atoms with Crippen molar-refractivity contribution in [2.24, 2.45) is 0 Å². The molecule has 0 bridgehead atoms. The summed E-state index contributed by atoms with van der Waals surface area (Å²) in [4.78, 5) is 26.2. The Bertz CT molecular complexity index is 1600. The minimum atomic E-state index is -0.414. The zero-order chi connectivity index (χ0) is 25.9. The van der Waals surface area contributed by atoms with Crippen molar-refractivity contribution in [3.63, 3.8) is 0 Å². The van der Waals surface area contributed by atoms with Gasteiger partial charge >= 0.3 is 0 Å². The maximum absolute atomic E-state index is 13.0. The Morgan fingerprint density at radius 1 is 0.946 bits per heavy atom. The fourth-order valence-electron chi connectivity index (χ4n) is 4.06. The van der Waals surface area contributed by atoms with Crippen LogP contribution in [-0.2, 0) is 13.1 Å². The summed E-state index contributed by atoms with van der Waals surface area (Å²) < 4.78 is 5.35. The molecule has 0 fully saturated rings. The van der Waals surface area contributed by atoms with Crippen molar-refractivity contribution >= 4 is 45.8 Å². The molecular formula is C27H22Cl2N6O2. The molecule has 2 aromatic carbocycles. The van der Waals surface area contributed by atoms with E-state index in [9.17, 15) is 4.79 Å². The second-order valence-corrected chi connectivity index (χ2v) is 9.38. The average Bonchev–Trinajstić information content (AvgIpc) is 3.23. The van der Waals surface area contributed by atoms with Crippen molar-refractivity contribution < 1.29 is 9.32 Å². The third-order valence-corrected chi connectivity index (χ3v) is 6.23. The highest BCUT2D eigenvalue weighted by atomic mass is 35.5. The highest BCUT2D eigenvalue weighted by Gasteiger charge is 2.17. The van der Waals surface area contributed by atoms with Gasteiger partial charge in [-0.25, -0.2) is 9.97 Å². The van der Waals surface area contributed by atoms with Gasteiger partial charge in [-0.1, -0.05) is 46.6 Å². The molecule has 2 N–H and O–H groups in total. The van der Waals surface area contributed by atoms with Crippen LogP contribution in [0.2, 0.25) is 10.0 Å². The number of amides is 1. The summed E-state index contributed by atoms with van der Waals surface area (Å²) in [5.41, 5.74) is 4.99. The standard InChI is InChI=1S/C27H22Cl2N6O2/c1-15-24(16(2)37-35-15)19-6-7-23-22(10-19)25(31-12-17-4-3-5-20(28)8-17)34-26(33-23)27(36)32-13-18-9-21(29)14-30-11-18/h3-11,14H,12-13H2,1-2H3,(H,32,36)(H,31,33,34). The second-order valence-electron chi connectivity index (χ2n) is 8.50. The van der Waals surface area contributed by atoms with E-state index in [1.165, 1.54) is 6.20 Å². The van der Waals surface area contributed by atoms with Gasteiger partial charge in [0, 0.05) is 41.5 Å². The van der Waals surface area contributed by atoms with Crippen LogP contribution in [0.4, 0.5) is 5.82 Å². The molecule has 0 spiro atoms. The van der Waals surface area contributed by atoms with Gasteiger partial charge in [0.2, 0.25) is 5.82 Å². The van der Waals surface area contributed by atoms with Crippen LogP contribution in [0.5, 0.6) is 0 Å². The van der Waals surface area contributed by atoms with Crippen molar-refractivity contribution in [2.45, 2.75) is 26.9 Å². The molecule has 0 saturated carbocycles. The smallest absolute Gasteiger partial charge is 0.289 e. The topological polar surface area (TPSA) is 106 Å². The molecule has 0 aliphatic rings. The van der Waals surface area contributed by atoms with Crippen LogP contribution >= 0.6 is 23.2 Å². The Kier molecular flexibility index (Phi) is 7.03. The fourth-order valence-corrected chi connectivity index (χ4v) is 4.47.